The Bertz CT molecular complexity index is 1120. The molecule has 3 N–H and O–H groups in total. The van der Waals surface area contributed by atoms with Crippen LogP contribution in [-0.2, 0) is 19.9 Å². The standard InChI is InChI=1S/C16H17ClN2O6S2/c1-9-3-4-10(5-12(9)17)19-27(23,24)14-7-11(26(2,21)22)6-13-16(14)25-8-15(20)18-13/h3-7,15,18-20H,8H2,1-2H3. The second-order valence-corrected chi connectivity index (χ2v) is 10.2. The van der Waals surface area contributed by atoms with Crippen molar-refractivity contribution >= 4 is 42.8 Å². The number of hydrogen-bond acceptors (Lipinski definition) is 7. The SMILES string of the molecule is Cc1ccc(NS(=O)(=O)c2cc(S(C)(=O)=O)cc3c2OCC(O)N3)cc1Cl. The first-order valence-corrected chi connectivity index (χ1v) is 11.5. The van der Waals surface area contributed by atoms with Crippen LogP contribution in [0.1, 0.15) is 5.56 Å². The van der Waals surface area contributed by atoms with E-state index in [-0.39, 0.29) is 33.5 Å². The second-order valence-electron chi connectivity index (χ2n) is 6.11. The smallest absolute Gasteiger partial charge is 0.265 e. The molecule has 0 saturated carbocycles. The Kier molecular flexibility index (Phi) is 5.02. The fourth-order valence-electron chi connectivity index (χ4n) is 2.50. The zero-order valence-electron chi connectivity index (χ0n) is 14.4. The molecule has 0 radical (unpaired) electrons. The molecule has 0 amide bonds. The lowest BCUT2D eigenvalue weighted by molar-refractivity contribution is 0.117. The Morgan fingerprint density at radius 1 is 1.22 bits per heavy atom. The molecule has 1 unspecified atom stereocenters. The van der Waals surface area contributed by atoms with Crippen LogP contribution in [0.15, 0.2) is 40.1 Å². The van der Waals surface area contributed by atoms with Crippen molar-refractivity contribution in [3.8, 4) is 5.75 Å². The zero-order valence-corrected chi connectivity index (χ0v) is 16.7. The van der Waals surface area contributed by atoms with Gasteiger partial charge in [-0.3, -0.25) is 4.72 Å². The highest BCUT2D eigenvalue weighted by Crippen LogP contribution is 2.38. The lowest BCUT2D eigenvalue weighted by atomic mass is 10.2. The number of nitrogens with one attached hydrogen (secondary N) is 2. The zero-order chi connectivity index (χ0) is 20.0. The molecule has 0 spiro atoms. The molecule has 1 aliphatic heterocycles. The van der Waals surface area contributed by atoms with E-state index in [1.165, 1.54) is 18.2 Å². The molecule has 0 aromatic heterocycles. The van der Waals surface area contributed by atoms with Crippen LogP contribution in [-0.4, -0.2) is 41.0 Å². The fourth-order valence-corrected chi connectivity index (χ4v) is 4.66. The Labute approximate surface area is 162 Å². The first-order chi connectivity index (χ1) is 12.5. The average Bonchev–Trinajstić information content (AvgIpc) is 2.55. The van der Waals surface area contributed by atoms with Gasteiger partial charge in [0.1, 0.15) is 11.5 Å². The Balaban J connectivity index is 2.13. The molecule has 8 nitrogen and oxygen atoms in total. The third-order valence-electron chi connectivity index (χ3n) is 3.88. The van der Waals surface area contributed by atoms with Crippen molar-refractivity contribution < 1.29 is 26.7 Å². The molecule has 11 heteroatoms. The number of aryl methyl sites for hydroxylation is 1. The number of sulfone groups is 1. The lowest BCUT2D eigenvalue weighted by Gasteiger charge is -2.26. The summed E-state index contributed by atoms with van der Waals surface area (Å²) >= 11 is 6.03. The molecule has 0 saturated heterocycles. The number of aliphatic hydroxyl groups is 1. The molecule has 146 valence electrons. The van der Waals surface area contributed by atoms with Gasteiger partial charge >= 0.3 is 0 Å². The van der Waals surface area contributed by atoms with Gasteiger partial charge in [0.25, 0.3) is 10.0 Å². The lowest BCUT2D eigenvalue weighted by Crippen LogP contribution is -2.32. The highest BCUT2D eigenvalue weighted by molar-refractivity contribution is 7.93. The third kappa shape index (κ3) is 4.13. The van der Waals surface area contributed by atoms with Crippen molar-refractivity contribution in [1.29, 1.82) is 0 Å². The first kappa shape index (κ1) is 19.7. The van der Waals surface area contributed by atoms with Gasteiger partial charge in [0, 0.05) is 11.3 Å². The van der Waals surface area contributed by atoms with Crippen LogP contribution in [0, 0.1) is 6.92 Å². The van der Waals surface area contributed by atoms with E-state index in [0.717, 1.165) is 17.9 Å². The summed E-state index contributed by atoms with van der Waals surface area (Å²) in [7, 11) is -7.92. The second kappa shape index (κ2) is 6.86. The predicted octanol–water partition coefficient (Wildman–Crippen LogP) is 1.98. The summed E-state index contributed by atoms with van der Waals surface area (Å²) in [6.07, 6.45) is -0.134. The van der Waals surface area contributed by atoms with Gasteiger partial charge in [0.15, 0.2) is 21.8 Å². The maximum atomic E-state index is 12.9. The van der Waals surface area contributed by atoms with Crippen LogP contribution in [0.5, 0.6) is 5.75 Å². The molecule has 1 aliphatic rings. The van der Waals surface area contributed by atoms with Gasteiger partial charge in [-0.25, -0.2) is 16.8 Å². The van der Waals surface area contributed by atoms with Crippen LogP contribution >= 0.6 is 11.6 Å². The molecule has 2 aromatic carbocycles. The van der Waals surface area contributed by atoms with Gasteiger partial charge in [-0.2, -0.15) is 0 Å². The van der Waals surface area contributed by atoms with E-state index in [0.29, 0.717) is 5.02 Å². The van der Waals surface area contributed by atoms with E-state index >= 15 is 0 Å². The fraction of sp³-hybridized carbons (Fsp3) is 0.250. The molecule has 0 bridgehead atoms. The number of benzene rings is 2. The van der Waals surface area contributed by atoms with E-state index in [1.807, 2.05) is 0 Å². The number of rotatable bonds is 4. The summed E-state index contributed by atoms with van der Waals surface area (Å²) in [4.78, 5) is -0.592. The molecular formula is C16H17ClN2O6S2. The highest BCUT2D eigenvalue weighted by atomic mass is 35.5. The number of fused-ring (bicyclic) bond motifs is 1. The van der Waals surface area contributed by atoms with Crippen LogP contribution < -0.4 is 14.8 Å². The van der Waals surface area contributed by atoms with Crippen molar-refractivity contribution in [3.05, 3.63) is 40.9 Å². The number of sulfonamides is 1. The summed E-state index contributed by atoms with van der Waals surface area (Å²) in [6, 6.07) is 6.87. The summed E-state index contributed by atoms with van der Waals surface area (Å²) in [5, 5.41) is 12.7. The predicted molar refractivity (Wildman–Crippen MR) is 102 cm³/mol. The van der Waals surface area contributed by atoms with Gasteiger partial charge in [-0.15, -0.1) is 0 Å². The van der Waals surface area contributed by atoms with Crippen molar-refractivity contribution in [2.45, 2.75) is 22.9 Å². The van der Waals surface area contributed by atoms with Crippen LogP contribution in [0.4, 0.5) is 11.4 Å². The largest absolute Gasteiger partial charge is 0.485 e. The van der Waals surface area contributed by atoms with Crippen LogP contribution in [0.3, 0.4) is 0 Å². The van der Waals surface area contributed by atoms with Crippen molar-refractivity contribution in [2.75, 3.05) is 22.9 Å². The molecule has 0 aliphatic carbocycles. The highest BCUT2D eigenvalue weighted by Gasteiger charge is 2.29. The van der Waals surface area contributed by atoms with Crippen molar-refractivity contribution in [1.82, 2.24) is 0 Å². The minimum Gasteiger partial charge on any atom is -0.485 e. The number of aliphatic hydroxyl groups excluding tert-OH is 1. The molecule has 3 rings (SSSR count). The minimum atomic E-state index is -4.20. The number of ether oxygens (including phenoxy) is 1. The monoisotopic (exact) mass is 432 g/mol. The van der Waals surface area contributed by atoms with Gasteiger partial charge < -0.3 is 15.2 Å². The van der Waals surface area contributed by atoms with E-state index in [2.05, 4.69) is 10.0 Å². The Hall–Kier alpha value is -2.01. The topological polar surface area (TPSA) is 122 Å². The van der Waals surface area contributed by atoms with Crippen molar-refractivity contribution in [3.63, 3.8) is 0 Å². The van der Waals surface area contributed by atoms with E-state index in [4.69, 9.17) is 16.3 Å². The molecule has 27 heavy (non-hydrogen) atoms. The van der Waals surface area contributed by atoms with Crippen LogP contribution in [0.2, 0.25) is 5.02 Å². The van der Waals surface area contributed by atoms with Crippen molar-refractivity contribution in [2.24, 2.45) is 0 Å². The molecule has 0 fully saturated rings. The minimum absolute atomic E-state index is 0.0685. The maximum absolute atomic E-state index is 12.9. The van der Waals surface area contributed by atoms with E-state index < -0.39 is 26.1 Å². The Morgan fingerprint density at radius 3 is 2.56 bits per heavy atom. The maximum Gasteiger partial charge on any atom is 0.265 e. The number of hydrogen-bond donors (Lipinski definition) is 3. The third-order valence-corrected chi connectivity index (χ3v) is 6.76. The van der Waals surface area contributed by atoms with Gasteiger partial charge in [0.05, 0.1) is 16.3 Å². The average molecular weight is 433 g/mol. The molecule has 1 heterocycles. The Morgan fingerprint density at radius 2 is 1.93 bits per heavy atom. The first-order valence-electron chi connectivity index (χ1n) is 7.72. The molecular weight excluding hydrogens is 416 g/mol. The quantitative estimate of drug-likeness (QED) is 0.675. The number of halogens is 1. The molecule has 1 atom stereocenters. The van der Waals surface area contributed by atoms with E-state index in [9.17, 15) is 21.9 Å². The molecule has 2 aromatic rings. The summed E-state index contributed by atoms with van der Waals surface area (Å²) in [5.41, 5.74) is 1.06. The number of anilines is 2. The van der Waals surface area contributed by atoms with Gasteiger partial charge in [-0.1, -0.05) is 17.7 Å². The van der Waals surface area contributed by atoms with Gasteiger partial charge in [-0.05, 0) is 36.8 Å². The summed E-state index contributed by atoms with van der Waals surface area (Å²) in [5.74, 6) is -0.0709. The summed E-state index contributed by atoms with van der Waals surface area (Å²) < 4.78 is 57.4. The van der Waals surface area contributed by atoms with Crippen LogP contribution in [0.25, 0.3) is 0 Å². The summed E-state index contributed by atoms with van der Waals surface area (Å²) in [6.45, 7) is 1.58. The van der Waals surface area contributed by atoms with E-state index in [1.54, 1.807) is 13.0 Å². The van der Waals surface area contributed by atoms with Gasteiger partial charge in [0.2, 0.25) is 0 Å². The normalized spacial score (nSPS) is 16.8.